The summed E-state index contributed by atoms with van der Waals surface area (Å²) < 4.78 is 5.42. The van der Waals surface area contributed by atoms with E-state index in [1.165, 1.54) is 12.1 Å². The number of carboxylic acids is 1. The molecule has 1 fully saturated rings. The van der Waals surface area contributed by atoms with Crippen molar-refractivity contribution in [3.8, 4) is 0 Å². The van der Waals surface area contributed by atoms with Gasteiger partial charge in [0.2, 0.25) is 0 Å². The van der Waals surface area contributed by atoms with E-state index in [2.05, 4.69) is 5.32 Å². The van der Waals surface area contributed by atoms with Crippen molar-refractivity contribution in [2.45, 2.75) is 25.4 Å². The molecule has 1 aromatic carbocycles. The first-order chi connectivity index (χ1) is 11.1. The zero-order chi connectivity index (χ0) is 16.2. The summed E-state index contributed by atoms with van der Waals surface area (Å²) in [5.41, 5.74) is 1.09. The van der Waals surface area contributed by atoms with Crippen molar-refractivity contribution in [1.29, 1.82) is 0 Å². The van der Waals surface area contributed by atoms with Gasteiger partial charge in [-0.05, 0) is 42.7 Å². The van der Waals surface area contributed by atoms with Crippen LogP contribution in [0.15, 0.2) is 47.1 Å². The molecule has 1 atom stereocenters. The maximum absolute atomic E-state index is 12.4. The summed E-state index contributed by atoms with van der Waals surface area (Å²) in [5.74, 6) is -0.151. The van der Waals surface area contributed by atoms with Crippen molar-refractivity contribution in [3.05, 3.63) is 59.5 Å². The van der Waals surface area contributed by atoms with Crippen molar-refractivity contribution >= 4 is 12.0 Å². The van der Waals surface area contributed by atoms with Crippen LogP contribution in [0, 0.1) is 0 Å². The highest BCUT2D eigenvalue weighted by molar-refractivity contribution is 5.87. The Morgan fingerprint density at radius 2 is 2.04 bits per heavy atom. The van der Waals surface area contributed by atoms with Gasteiger partial charge in [-0.3, -0.25) is 0 Å². The summed E-state index contributed by atoms with van der Waals surface area (Å²) in [6.07, 6.45) is 3.47. The standard InChI is InChI=1S/C17H18N2O4/c20-16(21)13-7-5-12(6-8-13)11-18-17(22)19-9-1-3-14(19)15-4-2-10-23-15/h2,4-8,10,14H,1,3,9,11H2,(H,18,22)(H,20,21). The molecule has 3 rings (SSSR count). The van der Waals surface area contributed by atoms with Crippen molar-refractivity contribution in [2.24, 2.45) is 0 Å². The molecule has 6 nitrogen and oxygen atoms in total. The summed E-state index contributed by atoms with van der Waals surface area (Å²) in [6.45, 7) is 1.06. The van der Waals surface area contributed by atoms with E-state index in [0.717, 1.165) is 24.2 Å². The molecule has 1 saturated heterocycles. The van der Waals surface area contributed by atoms with Crippen molar-refractivity contribution in [3.63, 3.8) is 0 Å². The number of urea groups is 1. The summed E-state index contributed by atoms with van der Waals surface area (Å²) in [7, 11) is 0. The number of hydrogen-bond acceptors (Lipinski definition) is 3. The monoisotopic (exact) mass is 314 g/mol. The molecule has 1 unspecified atom stereocenters. The van der Waals surface area contributed by atoms with Crippen LogP contribution in [-0.2, 0) is 6.54 Å². The van der Waals surface area contributed by atoms with Gasteiger partial charge in [0.15, 0.2) is 0 Å². The van der Waals surface area contributed by atoms with Crippen LogP contribution in [0.25, 0.3) is 0 Å². The molecule has 23 heavy (non-hydrogen) atoms. The van der Waals surface area contributed by atoms with Gasteiger partial charge in [0.25, 0.3) is 0 Å². The van der Waals surface area contributed by atoms with Crippen molar-refractivity contribution in [1.82, 2.24) is 10.2 Å². The van der Waals surface area contributed by atoms with E-state index < -0.39 is 5.97 Å². The Hall–Kier alpha value is -2.76. The molecular weight excluding hydrogens is 296 g/mol. The SMILES string of the molecule is O=C(O)c1ccc(CNC(=O)N2CCCC2c2ccco2)cc1. The Kier molecular flexibility index (Phi) is 4.32. The van der Waals surface area contributed by atoms with Gasteiger partial charge in [0.05, 0.1) is 17.9 Å². The van der Waals surface area contributed by atoms with Crippen LogP contribution in [0.4, 0.5) is 4.79 Å². The Labute approximate surface area is 133 Å². The number of carboxylic acid groups (broad SMARTS) is 1. The number of carbonyl (C=O) groups excluding carboxylic acids is 1. The highest BCUT2D eigenvalue weighted by Crippen LogP contribution is 2.31. The van der Waals surface area contributed by atoms with Gasteiger partial charge in [-0.1, -0.05) is 12.1 Å². The second-order valence-corrected chi connectivity index (χ2v) is 5.53. The van der Waals surface area contributed by atoms with Gasteiger partial charge >= 0.3 is 12.0 Å². The first-order valence-corrected chi connectivity index (χ1v) is 7.55. The zero-order valence-corrected chi connectivity index (χ0v) is 12.6. The predicted octanol–water partition coefficient (Wildman–Crippen LogP) is 3.02. The van der Waals surface area contributed by atoms with Crippen molar-refractivity contribution in [2.75, 3.05) is 6.54 Å². The average molecular weight is 314 g/mol. The summed E-state index contributed by atoms with van der Waals surface area (Å²) >= 11 is 0. The lowest BCUT2D eigenvalue weighted by Crippen LogP contribution is -2.39. The third kappa shape index (κ3) is 3.36. The molecule has 120 valence electrons. The maximum Gasteiger partial charge on any atom is 0.335 e. The van der Waals surface area contributed by atoms with E-state index in [0.29, 0.717) is 13.1 Å². The molecular formula is C17H18N2O4. The van der Waals surface area contributed by atoms with Crippen LogP contribution in [0.1, 0.15) is 40.6 Å². The predicted molar refractivity (Wildman–Crippen MR) is 83.0 cm³/mol. The fourth-order valence-electron chi connectivity index (χ4n) is 2.83. The van der Waals surface area contributed by atoms with Gasteiger partial charge in [0.1, 0.15) is 5.76 Å². The molecule has 1 aromatic heterocycles. The Bertz CT molecular complexity index is 679. The average Bonchev–Trinajstić information content (AvgIpc) is 3.23. The van der Waals surface area contributed by atoms with E-state index in [1.807, 2.05) is 12.1 Å². The second-order valence-electron chi connectivity index (χ2n) is 5.53. The number of likely N-dealkylation sites (tertiary alicyclic amines) is 1. The first kappa shape index (κ1) is 15.1. The summed E-state index contributed by atoms with van der Waals surface area (Å²) in [5, 5.41) is 11.8. The molecule has 0 spiro atoms. The van der Waals surface area contributed by atoms with E-state index in [9.17, 15) is 9.59 Å². The van der Waals surface area contributed by atoms with Crippen LogP contribution in [0.5, 0.6) is 0 Å². The number of hydrogen-bond donors (Lipinski definition) is 2. The Balaban J connectivity index is 1.59. The molecule has 0 saturated carbocycles. The highest BCUT2D eigenvalue weighted by Gasteiger charge is 2.31. The largest absolute Gasteiger partial charge is 0.478 e. The number of benzene rings is 1. The van der Waals surface area contributed by atoms with Crippen LogP contribution in [-0.4, -0.2) is 28.6 Å². The second kappa shape index (κ2) is 6.56. The number of rotatable bonds is 4. The van der Waals surface area contributed by atoms with Crippen LogP contribution >= 0.6 is 0 Å². The van der Waals surface area contributed by atoms with E-state index in [-0.39, 0.29) is 17.6 Å². The molecule has 2 heterocycles. The summed E-state index contributed by atoms with van der Waals surface area (Å²) in [6, 6.07) is 10.0. The Morgan fingerprint density at radius 1 is 1.26 bits per heavy atom. The molecule has 2 N–H and O–H groups in total. The number of nitrogens with one attached hydrogen (secondary N) is 1. The van der Waals surface area contributed by atoms with Gasteiger partial charge in [0, 0.05) is 13.1 Å². The molecule has 1 aliphatic rings. The molecule has 1 aliphatic heterocycles. The molecule has 2 aromatic rings. The number of amides is 2. The number of furan rings is 1. The minimum Gasteiger partial charge on any atom is -0.478 e. The van der Waals surface area contributed by atoms with Crippen LogP contribution < -0.4 is 5.32 Å². The number of nitrogens with zero attached hydrogens (tertiary/aromatic N) is 1. The lowest BCUT2D eigenvalue weighted by molar-refractivity contribution is 0.0697. The molecule has 0 aliphatic carbocycles. The fourth-order valence-corrected chi connectivity index (χ4v) is 2.83. The summed E-state index contributed by atoms with van der Waals surface area (Å²) in [4.78, 5) is 25.0. The quantitative estimate of drug-likeness (QED) is 0.908. The number of carbonyl (C=O) groups is 2. The lowest BCUT2D eigenvalue weighted by Gasteiger charge is -2.23. The first-order valence-electron chi connectivity index (χ1n) is 7.55. The van der Waals surface area contributed by atoms with Crippen molar-refractivity contribution < 1.29 is 19.1 Å². The zero-order valence-electron chi connectivity index (χ0n) is 12.6. The van der Waals surface area contributed by atoms with Gasteiger partial charge in [-0.15, -0.1) is 0 Å². The van der Waals surface area contributed by atoms with Gasteiger partial charge in [-0.2, -0.15) is 0 Å². The third-order valence-corrected chi connectivity index (χ3v) is 4.03. The third-order valence-electron chi connectivity index (χ3n) is 4.03. The lowest BCUT2D eigenvalue weighted by atomic mass is 10.1. The fraction of sp³-hybridized carbons (Fsp3) is 0.294. The van der Waals surface area contributed by atoms with Crippen LogP contribution in [0.2, 0.25) is 0 Å². The Morgan fingerprint density at radius 3 is 2.70 bits per heavy atom. The van der Waals surface area contributed by atoms with Crippen LogP contribution in [0.3, 0.4) is 0 Å². The molecule has 0 radical (unpaired) electrons. The molecule has 0 bridgehead atoms. The minimum absolute atomic E-state index is 0.0145. The van der Waals surface area contributed by atoms with Gasteiger partial charge in [-0.25, -0.2) is 9.59 Å². The molecule has 6 heteroatoms. The van der Waals surface area contributed by atoms with E-state index in [4.69, 9.17) is 9.52 Å². The van der Waals surface area contributed by atoms with Gasteiger partial charge < -0.3 is 19.7 Å². The smallest absolute Gasteiger partial charge is 0.335 e. The highest BCUT2D eigenvalue weighted by atomic mass is 16.4. The maximum atomic E-state index is 12.4. The molecule has 2 amide bonds. The van der Waals surface area contributed by atoms with E-state index >= 15 is 0 Å². The minimum atomic E-state index is -0.959. The normalized spacial score (nSPS) is 17.2. The topological polar surface area (TPSA) is 82.8 Å². The number of aromatic carboxylic acids is 1. The van der Waals surface area contributed by atoms with E-state index in [1.54, 1.807) is 23.3 Å².